The maximum absolute atomic E-state index is 6.11. The molecule has 2 rings (SSSR count). The van der Waals surface area contributed by atoms with Gasteiger partial charge in [0.2, 0.25) is 0 Å². The van der Waals surface area contributed by atoms with Gasteiger partial charge in [-0.3, -0.25) is 10.00 Å². The van der Waals surface area contributed by atoms with Crippen molar-refractivity contribution < 1.29 is 0 Å². The van der Waals surface area contributed by atoms with Crippen LogP contribution in [0.2, 0.25) is 0 Å². The molecule has 0 radical (unpaired) electrons. The van der Waals surface area contributed by atoms with Gasteiger partial charge < -0.3 is 5.73 Å². The fourth-order valence-corrected chi connectivity index (χ4v) is 2.26. The molecule has 0 unspecified atom stereocenters. The van der Waals surface area contributed by atoms with E-state index in [9.17, 15) is 0 Å². The third-order valence-corrected chi connectivity index (χ3v) is 2.99. The molecule has 4 nitrogen and oxygen atoms in total. The first kappa shape index (κ1) is 9.68. The predicted octanol–water partition coefficient (Wildman–Crippen LogP) is 0.892. The molecule has 2 atom stereocenters. The van der Waals surface area contributed by atoms with Crippen LogP contribution in [-0.4, -0.2) is 33.7 Å². The van der Waals surface area contributed by atoms with Crippen molar-refractivity contribution in [3.05, 3.63) is 18.0 Å². The zero-order chi connectivity index (χ0) is 10.1. The SMILES string of the molecule is CC(C)N1CC[C@@H](N)[C@@H]1c1ccn[nH]1. The molecule has 1 saturated heterocycles. The van der Waals surface area contributed by atoms with Crippen LogP contribution in [0.3, 0.4) is 0 Å². The van der Waals surface area contributed by atoms with Crippen LogP contribution in [0, 0.1) is 0 Å². The van der Waals surface area contributed by atoms with E-state index in [1.54, 1.807) is 6.20 Å². The topological polar surface area (TPSA) is 57.9 Å². The zero-order valence-corrected chi connectivity index (χ0v) is 8.77. The molecule has 1 aromatic rings. The summed E-state index contributed by atoms with van der Waals surface area (Å²) in [5, 5.41) is 7.01. The molecular formula is C10H18N4. The number of likely N-dealkylation sites (tertiary alicyclic amines) is 1. The van der Waals surface area contributed by atoms with Crippen molar-refractivity contribution in [2.24, 2.45) is 5.73 Å². The average molecular weight is 194 g/mol. The van der Waals surface area contributed by atoms with Gasteiger partial charge in [0.25, 0.3) is 0 Å². The molecule has 78 valence electrons. The van der Waals surface area contributed by atoms with Crippen molar-refractivity contribution in [1.82, 2.24) is 15.1 Å². The van der Waals surface area contributed by atoms with Crippen LogP contribution < -0.4 is 5.73 Å². The molecule has 0 spiro atoms. The molecule has 14 heavy (non-hydrogen) atoms. The molecule has 0 aromatic carbocycles. The van der Waals surface area contributed by atoms with Crippen LogP contribution in [0.5, 0.6) is 0 Å². The van der Waals surface area contributed by atoms with Gasteiger partial charge in [-0.25, -0.2) is 0 Å². The van der Waals surface area contributed by atoms with Crippen molar-refractivity contribution in [1.29, 1.82) is 0 Å². The third-order valence-electron chi connectivity index (χ3n) is 2.99. The normalized spacial score (nSPS) is 28.9. The van der Waals surface area contributed by atoms with Crippen LogP contribution >= 0.6 is 0 Å². The van der Waals surface area contributed by atoms with Crippen LogP contribution in [0.4, 0.5) is 0 Å². The lowest BCUT2D eigenvalue weighted by atomic mass is 10.1. The summed E-state index contributed by atoms with van der Waals surface area (Å²) in [6, 6.07) is 3.11. The van der Waals surface area contributed by atoms with Gasteiger partial charge in [-0.2, -0.15) is 5.10 Å². The largest absolute Gasteiger partial charge is 0.326 e. The highest BCUT2D eigenvalue weighted by Gasteiger charge is 2.34. The molecule has 2 heterocycles. The lowest BCUT2D eigenvalue weighted by molar-refractivity contribution is 0.194. The Morgan fingerprint density at radius 3 is 3.00 bits per heavy atom. The number of hydrogen-bond donors (Lipinski definition) is 2. The number of nitrogens with one attached hydrogen (secondary N) is 1. The first-order chi connectivity index (χ1) is 6.70. The molecule has 0 aliphatic carbocycles. The molecule has 1 fully saturated rings. The van der Waals surface area contributed by atoms with Crippen molar-refractivity contribution in [3.63, 3.8) is 0 Å². The summed E-state index contributed by atoms with van der Waals surface area (Å²) >= 11 is 0. The highest BCUT2D eigenvalue weighted by molar-refractivity contribution is 5.11. The molecule has 0 saturated carbocycles. The zero-order valence-electron chi connectivity index (χ0n) is 8.77. The molecule has 4 heteroatoms. The second kappa shape index (κ2) is 3.71. The van der Waals surface area contributed by atoms with Crippen LogP contribution in [0.15, 0.2) is 12.3 Å². The van der Waals surface area contributed by atoms with E-state index in [0.717, 1.165) is 18.7 Å². The Hall–Kier alpha value is -0.870. The Balaban J connectivity index is 2.22. The summed E-state index contributed by atoms with van der Waals surface area (Å²) in [5.41, 5.74) is 7.25. The number of H-pyrrole nitrogens is 1. The Labute approximate surface area is 84.5 Å². The molecule has 1 aliphatic heterocycles. The Morgan fingerprint density at radius 2 is 2.43 bits per heavy atom. The Kier molecular flexibility index (Phi) is 2.56. The van der Waals surface area contributed by atoms with Gasteiger partial charge >= 0.3 is 0 Å². The fourth-order valence-electron chi connectivity index (χ4n) is 2.26. The van der Waals surface area contributed by atoms with E-state index in [2.05, 4.69) is 28.9 Å². The molecule has 1 aromatic heterocycles. The highest BCUT2D eigenvalue weighted by atomic mass is 15.3. The van der Waals surface area contributed by atoms with Gasteiger partial charge in [0, 0.05) is 24.8 Å². The first-order valence-electron chi connectivity index (χ1n) is 5.20. The number of aromatic amines is 1. The minimum Gasteiger partial charge on any atom is -0.326 e. The molecular weight excluding hydrogens is 176 g/mol. The van der Waals surface area contributed by atoms with Gasteiger partial charge in [0.15, 0.2) is 0 Å². The van der Waals surface area contributed by atoms with Gasteiger partial charge in [-0.05, 0) is 26.3 Å². The molecule has 1 aliphatic rings. The van der Waals surface area contributed by atoms with Crippen molar-refractivity contribution in [3.8, 4) is 0 Å². The minimum atomic E-state index is 0.234. The quantitative estimate of drug-likeness (QED) is 0.735. The van der Waals surface area contributed by atoms with Crippen LogP contribution in [0.25, 0.3) is 0 Å². The number of nitrogens with zero attached hydrogens (tertiary/aromatic N) is 2. The highest BCUT2D eigenvalue weighted by Crippen LogP contribution is 2.31. The fraction of sp³-hybridized carbons (Fsp3) is 0.700. The number of rotatable bonds is 2. The second-order valence-corrected chi connectivity index (χ2v) is 4.24. The van der Waals surface area contributed by atoms with E-state index in [0.29, 0.717) is 12.1 Å². The maximum atomic E-state index is 6.11. The van der Waals surface area contributed by atoms with Gasteiger partial charge in [0.05, 0.1) is 11.7 Å². The van der Waals surface area contributed by atoms with Crippen molar-refractivity contribution in [2.75, 3.05) is 6.54 Å². The average Bonchev–Trinajstić information content (AvgIpc) is 2.71. The van der Waals surface area contributed by atoms with Crippen LogP contribution in [0.1, 0.15) is 32.0 Å². The van der Waals surface area contributed by atoms with Crippen molar-refractivity contribution in [2.45, 2.75) is 38.4 Å². The van der Waals surface area contributed by atoms with E-state index in [1.807, 2.05) is 6.07 Å². The Morgan fingerprint density at radius 1 is 1.64 bits per heavy atom. The minimum absolute atomic E-state index is 0.234. The van der Waals surface area contributed by atoms with Crippen LogP contribution in [-0.2, 0) is 0 Å². The molecule has 0 amide bonds. The second-order valence-electron chi connectivity index (χ2n) is 4.24. The van der Waals surface area contributed by atoms with E-state index in [-0.39, 0.29) is 6.04 Å². The maximum Gasteiger partial charge on any atom is 0.0670 e. The number of aromatic nitrogens is 2. The van der Waals surface area contributed by atoms with Gasteiger partial charge in [0.1, 0.15) is 0 Å². The Bertz CT molecular complexity index is 280. The monoisotopic (exact) mass is 194 g/mol. The van der Waals surface area contributed by atoms with E-state index >= 15 is 0 Å². The lowest BCUT2D eigenvalue weighted by Crippen LogP contribution is -2.36. The van der Waals surface area contributed by atoms with Crippen molar-refractivity contribution >= 4 is 0 Å². The molecule has 3 N–H and O–H groups in total. The predicted molar refractivity (Wildman–Crippen MR) is 55.8 cm³/mol. The summed E-state index contributed by atoms with van der Waals surface area (Å²) in [5.74, 6) is 0. The first-order valence-corrected chi connectivity index (χ1v) is 5.20. The third kappa shape index (κ3) is 1.55. The standard InChI is InChI=1S/C10H18N4/c1-7(2)14-6-4-8(11)10(14)9-3-5-12-13-9/h3,5,7-8,10H,4,6,11H2,1-2H3,(H,12,13)/t8-,10-/m1/s1. The van der Waals surface area contributed by atoms with E-state index < -0.39 is 0 Å². The summed E-state index contributed by atoms with van der Waals surface area (Å²) in [4.78, 5) is 2.43. The van der Waals surface area contributed by atoms with Gasteiger partial charge in [-0.1, -0.05) is 0 Å². The lowest BCUT2D eigenvalue weighted by Gasteiger charge is -2.29. The van der Waals surface area contributed by atoms with E-state index in [1.165, 1.54) is 0 Å². The summed E-state index contributed by atoms with van der Waals surface area (Å²) < 4.78 is 0. The summed E-state index contributed by atoms with van der Waals surface area (Å²) in [7, 11) is 0. The van der Waals surface area contributed by atoms with Gasteiger partial charge in [-0.15, -0.1) is 0 Å². The molecule has 0 bridgehead atoms. The summed E-state index contributed by atoms with van der Waals surface area (Å²) in [6.45, 7) is 5.51. The summed E-state index contributed by atoms with van der Waals surface area (Å²) in [6.07, 6.45) is 2.86. The smallest absolute Gasteiger partial charge is 0.0670 e. The number of hydrogen-bond acceptors (Lipinski definition) is 3. The van der Waals surface area contributed by atoms with E-state index in [4.69, 9.17) is 5.73 Å². The number of nitrogens with two attached hydrogens (primary N) is 1.